The molecule has 8 nitrogen and oxygen atoms in total. The molecule has 0 saturated carbocycles. The molecule has 1 unspecified atom stereocenters. The minimum absolute atomic E-state index is 0.269. The van der Waals surface area contributed by atoms with Crippen molar-refractivity contribution in [3.8, 4) is 0 Å². The number of rotatable bonds is 6. The van der Waals surface area contributed by atoms with Gasteiger partial charge in [0.05, 0.1) is 18.7 Å². The van der Waals surface area contributed by atoms with Crippen LogP contribution in [-0.2, 0) is 14.3 Å². The normalized spacial score (nSPS) is 32.0. The first-order valence-electron chi connectivity index (χ1n) is 9.58. The molecule has 0 amide bonds. The molecule has 1 aromatic carbocycles. The van der Waals surface area contributed by atoms with Crippen LogP contribution in [0.3, 0.4) is 0 Å². The van der Waals surface area contributed by atoms with Crippen molar-refractivity contribution in [2.24, 2.45) is 5.41 Å². The molecule has 2 aliphatic heterocycles. The van der Waals surface area contributed by atoms with Crippen molar-refractivity contribution in [2.75, 3.05) is 14.2 Å². The minimum atomic E-state index is -1.27. The summed E-state index contributed by atoms with van der Waals surface area (Å²) in [6.07, 6.45) is 0.970. The average molecular weight is 390 g/mol. The topological polar surface area (TPSA) is 99.0 Å². The first-order valence-corrected chi connectivity index (χ1v) is 9.58. The van der Waals surface area contributed by atoms with Gasteiger partial charge in [0.25, 0.3) is 6.04 Å². The zero-order chi connectivity index (χ0) is 20.5. The number of esters is 2. The number of methoxy groups -OCH3 is 1. The summed E-state index contributed by atoms with van der Waals surface area (Å²) in [7, 11) is 3.08. The lowest BCUT2D eigenvalue weighted by Gasteiger charge is -2.50. The molecule has 2 bridgehead atoms. The van der Waals surface area contributed by atoms with E-state index in [1.807, 2.05) is 11.8 Å². The van der Waals surface area contributed by atoms with Gasteiger partial charge in [-0.1, -0.05) is 31.5 Å². The van der Waals surface area contributed by atoms with Gasteiger partial charge in [0.2, 0.25) is 0 Å². The van der Waals surface area contributed by atoms with Crippen LogP contribution in [0.1, 0.15) is 43.0 Å². The Hall–Kier alpha value is -2.48. The average Bonchev–Trinajstić information content (AvgIpc) is 2.99. The second kappa shape index (κ2) is 7.87. The molecule has 0 aliphatic carbocycles. The van der Waals surface area contributed by atoms with E-state index in [9.17, 15) is 19.7 Å². The predicted octanol–water partition coefficient (Wildman–Crippen LogP) is 2.29. The fraction of sp³-hybridized carbons (Fsp3) is 0.600. The van der Waals surface area contributed by atoms with Crippen molar-refractivity contribution in [1.82, 2.24) is 4.90 Å². The first-order chi connectivity index (χ1) is 13.4. The van der Waals surface area contributed by atoms with Crippen molar-refractivity contribution in [2.45, 2.75) is 56.8 Å². The number of ether oxygens (including phenoxy) is 2. The molecule has 152 valence electrons. The van der Waals surface area contributed by atoms with Crippen molar-refractivity contribution in [3.05, 3.63) is 46.0 Å². The third-order valence-electron chi connectivity index (χ3n) is 6.27. The van der Waals surface area contributed by atoms with Crippen molar-refractivity contribution in [3.63, 3.8) is 0 Å². The third-order valence-corrected chi connectivity index (χ3v) is 6.27. The Balaban J connectivity index is 2.10. The second-order valence-corrected chi connectivity index (χ2v) is 7.58. The van der Waals surface area contributed by atoms with E-state index in [2.05, 4.69) is 0 Å². The van der Waals surface area contributed by atoms with E-state index in [1.165, 1.54) is 7.11 Å². The zero-order valence-corrected chi connectivity index (χ0v) is 16.4. The van der Waals surface area contributed by atoms with E-state index in [4.69, 9.17) is 9.47 Å². The Morgan fingerprint density at radius 1 is 1.29 bits per heavy atom. The largest absolute Gasteiger partial charge is 0.468 e. The highest BCUT2D eigenvalue weighted by atomic mass is 16.6. The maximum atomic E-state index is 13.0. The molecule has 2 aliphatic rings. The van der Waals surface area contributed by atoms with Gasteiger partial charge in [-0.2, -0.15) is 0 Å². The molecule has 0 radical (unpaired) electrons. The molecule has 3 rings (SSSR count). The Kier molecular flexibility index (Phi) is 5.69. The number of carbonyl (C=O) groups is 2. The summed E-state index contributed by atoms with van der Waals surface area (Å²) < 4.78 is 10.9. The quantitative estimate of drug-likeness (QED) is 0.417. The summed E-state index contributed by atoms with van der Waals surface area (Å²) in [6, 6.07) is 6.49. The van der Waals surface area contributed by atoms with Gasteiger partial charge in [-0.05, 0) is 38.4 Å². The maximum absolute atomic E-state index is 13.0. The fourth-order valence-corrected chi connectivity index (χ4v) is 5.15. The van der Waals surface area contributed by atoms with E-state index < -0.39 is 34.4 Å². The number of carbonyl (C=O) groups excluding carboxylic acids is 2. The molecule has 1 aromatic rings. The summed E-state index contributed by atoms with van der Waals surface area (Å²) in [5.74, 6) is -1.21. The number of nitro groups is 1. The van der Waals surface area contributed by atoms with Crippen LogP contribution >= 0.6 is 0 Å². The molecule has 2 heterocycles. The smallest absolute Gasteiger partial charge is 0.338 e. The van der Waals surface area contributed by atoms with E-state index in [-0.39, 0.29) is 12.1 Å². The molecular formula is C20H26N2O6. The van der Waals surface area contributed by atoms with Gasteiger partial charge < -0.3 is 9.47 Å². The highest BCUT2D eigenvalue weighted by Crippen LogP contribution is 2.51. The zero-order valence-electron chi connectivity index (χ0n) is 16.4. The van der Waals surface area contributed by atoms with Crippen LogP contribution in [0.25, 0.3) is 0 Å². The standard InChI is InChI=1S/C20H26N2O6/c1-4-12-20(19(24)27-3)15-11-10-14(21(15)2)16(22(25)26)17(20)28-18(23)13-8-6-5-7-9-13/h5-9,14-17H,4,10-12H2,1-3H3/t14-,15+,16?,17-,20-/m1/s1. The second-order valence-electron chi connectivity index (χ2n) is 7.58. The molecule has 0 spiro atoms. The Bertz CT molecular complexity index is 754. The monoisotopic (exact) mass is 390 g/mol. The van der Waals surface area contributed by atoms with Crippen LogP contribution in [0.2, 0.25) is 0 Å². The van der Waals surface area contributed by atoms with Gasteiger partial charge in [0.15, 0.2) is 6.10 Å². The van der Waals surface area contributed by atoms with Gasteiger partial charge in [-0.15, -0.1) is 0 Å². The van der Waals surface area contributed by atoms with Crippen molar-refractivity contribution >= 4 is 11.9 Å². The highest BCUT2D eigenvalue weighted by molar-refractivity contribution is 5.90. The summed E-state index contributed by atoms with van der Waals surface area (Å²) in [4.78, 5) is 39.4. The highest BCUT2D eigenvalue weighted by Gasteiger charge is 2.69. The lowest BCUT2D eigenvalue weighted by Crippen LogP contribution is -2.69. The van der Waals surface area contributed by atoms with Crippen molar-refractivity contribution in [1.29, 1.82) is 0 Å². The van der Waals surface area contributed by atoms with Crippen LogP contribution in [0.15, 0.2) is 30.3 Å². The molecular weight excluding hydrogens is 364 g/mol. The van der Waals surface area contributed by atoms with E-state index in [1.54, 1.807) is 37.4 Å². The Morgan fingerprint density at radius 3 is 2.54 bits per heavy atom. The van der Waals surface area contributed by atoms with E-state index >= 15 is 0 Å². The molecule has 0 aromatic heterocycles. The van der Waals surface area contributed by atoms with Gasteiger partial charge in [-0.3, -0.25) is 19.8 Å². The molecule has 2 fully saturated rings. The minimum Gasteiger partial charge on any atom is -0.468 e. The van der Waals surface area contributed by atoms with Crippen LogP contribution in [0.5, 0.6) is 0 Å². The van der Waals surface area contributed by atoms with Crippen LogP contribution in [-0.4, -0.2) is 60.1 Å². The van der Waals surface area contributed by atoms with Gasteiger partial charge in [0.1, 0.15) is 5.41 Å². The van der Waals surface area contributed by atoms with Gasteiger partial charge >= 0.3 is 11.9 Å². The molecule has 0 N–H and O–H groups in total. The van der Waals surface area contributed by atoms with E-state index in [0.29, 0.717) is 31.2 Å². The Labute approximate surface area is 163 Å². The van der Waals surface area contributed by atoms with Crippen LogP contribution < -0.4 is 0 Å². The number of likely N-dealkylation sites (N-methyl/N-ethyl adjacent to an activating group) is 1. The number of nitrogens with zero attached hydrogens (tertiary/aromatic N) is 2. The summed E-state index contributed by atoms with van der Waals surface area (Å²) in [5.41, 5.74) is -0.973. The SMILES string of the molecule is CCC[C@]1(C(=O)OC)[C@H](OC(=O)c2ccccc2)C([N+](=O)[O-])[C@H]2CC[C@@H]1N2C. The first kappa shape index (κ1) is 20.3. The molecule has 5 atom stereocenters. The molecule has 8 heteroatoms. The fourth-order valence-electron chi connectivity index (χ4n) is 5.15. The number of fused-ring (bicyclic) bond motifs is 2. The van der Waals surface area contributed by atoms with Crippen molar-refractivity contribution < 1.29 is 24.0 Å². The van der Waals surface area contributed by atoms with Crippen LogP contribution in [0, 0.1) is 15.5 Å². The van der Waals surface area contributed by atoms with Crippen LogP contribution in [0.4, 0.5) is 0 Å². The molecule has 28 heavy (non-hydrogen) atoms. The Morgan fingerprint density at radius 2 is 1.96 bits per heavy atom. The summed E-state index contributed by atoms with van der Waals surface area (Å²) in [6.45, 7) is 1.91. The number of piperidine rings is 1. The summed E-state index contributed by atoms with van der Waals surface area (Å²) >= 11 is 0. The number of hydrogen-bond donors (Lipinski definition) is 0. The summed E-state index contributed by atoms with van der Waals surface area (Å²) in [5, 5.41) is 12.1. The van der Waals surface area contributed by atoms with Gasteiger partial charge in [-0.25, -0.2) is 4.79 Å². The lowest BCUT2D eigenvalue weighted by atomic mass is 9.67. The van der Waals surface area contributed by atoms with E-state index in [0.717, 1.165) is 0 Å². The molecule has 2 saturated heterocycles. The maximum Gasteiger partial charge on any atom is 0.338 e. The number of hydrogen-bond acceptors (Lipinski definition) is 7. The lowest BCUT2D eigenvalue weighted by molar-refractivity contribution is -0.549. The number of benzene rings is 1. The van der Waals surface area contributed by atoms with Gasteiger partial charge in [0, 0.05) is 11.0 Å². The predicted molar refractivity (Wildman–Crippen MR) is 100 cm³/mol. The third kappa shape index (κ3) is 3.05.